The number of carbonyl (C=O) groups excluding carboxylic acids is 1. The summed E-state index contributed by atoms with van der Waals surface area (Å²) in [6.07, 6.45) is 5.20. The SMILES string of the molecule is CCC1(C(=O)O)CCN(C(=O)N(C)C2CCC2)CC1. The van der Waals surface area contributed by atoms with E-state index in [1.165, 1.54) is 6.42 Å². The van der Waals surface area contributed by atoms with Gasteiger partial charge in [-0.25, -0.2) is 4.79 Å². The van der Waals surface area contributed by atoms with Gasteiger partial charge < -0.3 is 14.9 Å². The number of hydrogen-bond donors (Lipinski definition) is 1. The summed E-state index contributed by atoms with van der Waals surface area (Å²) < 4.78 is 0. The summed E-state index contributed by atoms with van der Waals surface area (Å²) in [5.41, 5.74) is -0.619. The Hall–Kier alpha value is -1.26. The average Bonchev–Trinajstić information content (AvgIpc) is 2.35. The van der Waals surface area contributed by atoms with Gasteiger partial charge in [0.1, 0.15) is 0 Å². The molecule has 1 aliphatic carbocycles. The van der Waals surface area contributed by atoms with Crippen molar-refractivity contribution >= 4 is 12.0 Å². The Morgan fingerprint density at radius 3 is 2.26 bits per heavy atom. The van der Waals surface area contributed by atoms with E-state index in [1.54, 1.807) is 0 Å². The summed E-state index contributed by atoms with van der Waals surface area (Å²) in [7, 11) is 1.87. The molecule has 1 saturated carbocycles. The first kappa shape index (κ1) is 14.2. The maximum absolute atomic E-state index is 12.3. The Bertz CT molecular complexity index is 358. The molecule has 0 unspecified atom stereocenters. The fourth-order valence-electron chi connectivity index (χ4n) is 3.00. The number of nitrogens with zero attached hydrogens (tertiary/aromatic N) is 2. The number of hydrogen-bond acceptors (Lipinski definition) is 2. The molecule has 2 fully saturated rings. The summed E-state index contributed by atoms with van der Waals surface area (Å²) in [4.78, 5) is 27.3. The molecular weight excluding hydrogens is 244 g/mol. The third-order valence-electron chi connectivity index (χ3n) is 5.05. The van der Waals surface area contributed by atoms with Gasteiger partial charge in [-0.05, 0) is 38.5 Å². The highest BCUT2D eigenvalue weighted by atomic mass is 16.4. The molecule has 0 bridgehead atoms. The third-order valence-corrected chi connectivity index (χ3v) is 5.05. The first-order valence-electron chi connectivity index (χ1n) is 7.25. The van der Waals surface area contributed by atoms with Gasteiger partial charge in [-0.15, -0.1) is 0 Å². The largest absolute Gasteiger partial charge is 0.481 e. The summed E-state index contributed by atoms with van der Waals surface area (Å²) in [6, 6.07) is 0.463. The number of piperidine rings is 1. The second kappa shape index (κ2) is 5.39. The van der Waals surface area contributed by atoms with Gasteiger partial charge in [0.2, 0.25) is 0 Å². The molecule has 19 heavy (non-hydrogen) atoms. The van der Waals surface area contributed by atoms with Crippen molar-refractivity contribution in [2.24, 2.45) is 5.41 Å². The van der Waals surface area contributed by atoms with Crippen molar-refractivity contribution in [3.63, 3.8) is 0 Å². The minimum Gasteiger partial charge on any atom is -0.481 e. The van der Waals surface area contributed by atoms with Crippen molar-refractivity contribution in [1.29, 1.82) is 0 Å². The zero-order chi connectivity index (χ0) is 14.0. The third kappa shape index (κ3) is 2.55. The summed E-state index contributed by atoms with van der Waals surface area (Å²) in [6.45, 7) is 3.05. The molecule has 1 aliphatic heterocycles. The van der Waals surface area contributed by atoms with Gasteiger partial charge in [-0.1, -0.05) is 6.92 Å². The molecule has 2 amide bonds. The number of amides is 2. The molecule has 1 saturated heterocycles. The van der Waals surface area contributed by atoms with E-state index in [0.29, 0.717) is 38.4 Å². The van der Waals surface area contributed by atoms with E-state index in [4.69, 9.17) is 0 Å². The van der Waals surface area contributed by atoms with Crippen LogP contribution in [0.3, 0.4) is 0 Å². The topological polar surface area (TPSA) is 60.9 Å². The Labute approximate surface area is 114 Å². The van der Waals surface area contributed by atoms with Crippen LogP contribution in [0.2, 0.25) is 0 Å². The fourth-order valence-corrected chi connectivity index (χ4v) is 3.00. The lowest BCUT2D eigenvalue weighted by atomic mass is 9.76. The second-order valence-corrected chi connectivity index (χ2v) is 5.90. The van der Waals surface area contributed by atoms with E-state index in [-0.39, 0.29) is 6.03 Å². The average molecular weight is 268 g/mol. The monoisotopic (exact) mass is 268 g/mol. The lowest BCUT2D eigenvalue weighted by Gasteiger charge is -2.42. The molecule has 2 aliphatic rings. The van der Waals surface area contributed by atoms with Crippen LogP contribution in [0, 0.1) is 5.41 Å². The molecule has 0 spiro atoms. The number of aliphatic carboxylic acids is 1. The highest BCUT2D eigenvalue weighted by Crippen LogP contribution is 2.35. The maximum atomic E-state index is 12.3. The van der Waals surface area contributed by atoms with Gasteiger partial charge in [0, 0.05) is 26.2 Å². The molecule has 0 atom stereocenters. The highest BCUT2D eigenvalue weighted by molar-refractivity contribution is 5.77. The molecule has 5 heteroatoms. The Kier molecular flexibility index (Phi) is 4.02. The number of rotatable bonds is 3. The first-order chi connectivity index (χ1) is 9.00. The molecule has 0 aromatic carbocycles. The molecule has 0 aromatic heterocycles. The van der Waals surface area contributed by atoms with E-state index in [9.17, 15) is 14.7 Å². The van der Waals surface area contributed by atoms with Crippen LogP contribution >= 0.6 is 0 Å². The summed E-state index contributed by atoms with van der Waals surface area (Å²) >= 11 is 0. The van der Waals surface area contributed by atoms with E-state index < -0.39 is 11.4 Å². The van der Waals surface area contributed by atoms with Crippen molar-refractivity contribution in [3.8, 4) is 0 Å². The van der Waals surface area contributed by atoms with Crippen molar-refractivity contribution in [2.75, 3.05) is 20.1 Å². The first-order valence-corrected chi connectivity index (χ1v) is 7.25. The Morgan fingerprint density at radius 1 is 1.32 bits per heavy atom. The van der Waals surface area contributed by atoms with Crippen molar-refractivity contribution < 1.29 is 14.7 Å². The molecule has 5 nitrogen and oxygen atoms in total. The van der Waals surface area contributed by atoms with E-state index in [2.05, 4.69) is 0 Å². The minimum absolute atomic E-state index is 0.0693. The van der Waals surface area contributed by atoms with Crippen LogP contribution in [0.25, 0.3) is 0 Å². The lowest BCUT2D eigenvalue weighted by molar-refractivity contribution is -0.152. The van der Waals surface area contributed by atoms with Crippen LogP contribution in [0.5, 0.6) is 0 Å². The van der Waals surface area contributed by atoms with Crippen molar-refractivity contribution in [3.05, 3.63) is 0 Å². The van der Waals surface area contributed by atoms with Gasteiger partial charge in [0.15, 0.2) is 0 Å². The predicted octanol–water partition coefficient (Wildman–Crippen LogP) is 2.17. The molecule has 2 rings (SSSR count). The van der Waals surface area contributed by atoms with E-state index in [1.807, 2.05) is 23.8 Å². The van der Waals surface area contributed by atoms with Gasteiger partial charge in [0.05, 0.1) is 5.41 Å². The molecule has 108 valence electrons. The molecule has 1 N–H and O–H groups in total. The van der Waals surface area contributed by atoms with Crippen LogP contribution in [0.1, 0.15) is 45.4 Å². The number of carboxylic acids is 1. The summed E-state index contributed by atoms with van der Waals surface area (Å²) in [5, 5.41) is 9.34. The zero-order valence-corrected chi connectivity index (χ0v) is 11.9. The maximum Gasteiger partial charge on any atom is 0.319 e. The number of carbonyl (C=O) groups is 2. The van der Waals surface area contributed by atoms with E-state index >= 15 is 0 Å². The van der Waals surface area contributed by atoms with Crippen molar-refractivity contribution in [2.45, 2.75) is 51.5 Å². The van der Waals surface area contributed by atoms with Gasteiger partial charge >= 0.3 is 12.0 Å². The van der Waals surface area contributed by atoms with Crippen LogP contribution in [0.15, 0.2) is 0 Å². The molecule has 0 radical (unpaired) electrons. The zero-order valence-electron chi connectivity index (χ0n) is 11.9. The quantitative estimate of drug-likeness (QED) is 0.853. The van der Waals surface area contributed by atoms with Crippen LogP contribution in [-0.4, -0.2) is 53.1 Å². The van der Waals surface area contributed by atoms with Gasteiger partial charge in [0.25, 0.3) is 0 Å². The van der Waals surface area contributed by atoms with Crippen LogP contribution in [0.4, 0.5) is 4.79 Å². The lowest BCUT2D eigenvalue weighted by Crippen LogP contribution is -2.53. The fraction of sp³-hybridized carbons (Fsp3) is 0.857. The summed E-state index contributed by atoms with van der Waals surface area (Å²) in [5.74, 6) is -0.713. The van der Waals surface area contributed by atoms with E-state index in [0.717, 1.165) is 12.8 Å². The smallest absolute Gasteiger partial charge is 0.319 e. The molecule has 1 heterocycles. The minimum atomic E-state index is -0.713. The van der Waals surface area contributed by atoms with Gasteiger partial charge in [-0.3, -0.25) is 4.79 Å². The van der Waals surface area contributed by atoms with Gasteiger partial charge in [-0.2, -0.15) is 0 Å². The predicted molar refractivity (Wildman–Crippen MR) is 72.0 cm³/mol. The second-order valence-electron chi connectivity index (χ2n) is 5.90. The number of urea groups is 1. The highest BCUT2D eigenvalue weighted by Gasteiger charge is 2.41. The normalized spacial score (nSPS) is 22.7. The number of carboxylic acid groups (broad SMARTS) is 1. The molecular formula is C14H24N2O3. The molecule has 0 aromatic rings. The van der Waals surface area contributed by atoms with Crippen LogP contribution < -0.4 is 0 Å². The Morgan fingerprint density at radius 2 is 1.89 bits per heavy atom. The standard InChI is InChI=1S/C14H24N2O3/c1-3-14(12(17)18)7-9-16(10-8-14)13(19)15(2)11-5-4-6-11/h11H,3-10H2,1-2H3,(H,17,18). The van der Waals surface area contributed by atoms with Crippen LogP contribution in [-0.2, 0) is 4.79 Å². The number of likely N-dealkylation sites (tertiary alicyclic amines) is 1. The van der Waals surface area contributed by atoms with Crippen molar-refractivity contribution in [1.82, 2.24) is 9.80 Å². The Balaban J connectivity index is 1.92.